The Labute approximate surface area is 289 Å². The zero-order valence-corrected chi connectivity index (χ0v) is 30.4. The molecule has 4 rings (SSSR count). The number of carbonyl (C=O) groups excluding carboxylic acids is 1. The van der Waals surface area contributed by atoms with Gasteiger partial charge in [0.25, 0.3) is 26.0 Å². The molecule has 1 aliphatic rings. The number of aliphatic hydroxyl groups is 1. The standard InChI is InChI=1S/C33H47N5O9S2/c1-23-18-38(24(2)21-39)33(40)29-17-26(35-48(41,42)28-13-11-27(45-6)12-14-28)10-15-30(29)47-25(3)9-7-8-16-46-31(23)19-37(5)49(43,44)32-20-36(4)22-34-32/h10-15,17,20,22-25,31,35,39H,7-9,16,18-19,21H2,1-6H3/t23-,24+,25+,31+/m0/s1. The minimum absolute atomic E-state index is 0.00298. The first kappa shape index (κ1) is 38.1. The van der Waals surface area contributed by atoms with Gasteiger partial charge in [0.15, 0.2) is 5.03 Å². The zero-order chi connectivity index (χ0) is 35.9. The van der Waals surface area contributed by atoms with E-state index in [1.54, 1.807) is 24.6 Å². The molecule has 14 nitrogen and oxygen atoms in total. The number of amides is 1. The molecule has 49 heavy (non-hydrogen) atoms. The normalized spacial score (nSPS) is 20.6. The molecule has 0 bridgehead atoms. The van der Waals surface area contributed by atoms with Crippen molar-refractivity contribution in [2.75, 3.05) is 45.2 Å². The molecule has 16 heteroatoms. The number of nitrogens with one attached hydrogen (secondary N) is 1. The second-order valence-corrected chi connectivity index (χ2v) is 16.1. The van der Waals surface area contributed by atoms with E-state index in [9.17, 15) is 26.7 Å². The van der Waals surface area contributed by atoms with Crippen molar-refractivity contribution in [1.29, 1.82) is 0 Å². The number of fused-ring (bicyclic) bond motifs is 1. The van der Waals surface area contributed by atoms with E-state index in [0.29, 0.717) is 25.2 Å². The van der Waals surface area contributed by atoms with Gasteiger partial charge in [-0.3, -0.25) is 9.52 Å². The summed E-state index contributed by atoms with van der Waals surface area (Å²) in [6.45, 7) is 5.56. The van der Waals surface area contributed by atoms with Gasteiger partial charge in [0, 0.05) is 51.6 Å². The van der Waals surface area contributed by atoms with Crippen molar-refractivity contribution in [2.45, 2.75) is 68.2 Å². The topological polar surface area (TPSA) is 170 Å². The minimum Gasteiger partial charge on any atom is -0.497 e. The number of ether oxygens (including phenoxy) is 3. The Morgan fingerprint density at radius 3 is 2.47 bits per heavy atom. The van der Waals surface area contributed by atoms with Crippen molar-refractivity contribution in [3.05, 3.63) is 60.6 Å². The van der Waals surface area contributed by atoms with Crippen molar-refractivity contribution in [2.24, 2.45) is 13.0 Å². The number of aliphatic hydroxyl groups excluding tert-OH is 1. The second-order valence-electron chi connectivity index (χ2n) is 12.5. The maximum atomic E-state index is 14.4. The molecule has 1 aromatic heterocycles. The maximum absolute atomic E-state index is 14.4. The molecule has 1 aliphatic heterocycles. The highest BCUT2D eigenvalue weighted by Crippen LogP contribution is 2.30. The van der Waals surface area contributed by atoms with Gasteiger partial charge < -0.3 is 28.8 Å². The zero-order valence-electron chi connectivity index (χ0n) is 28.8. The van der Waals surface area contributed by atoms with Crippen molar-refractivity contribution >= 4 is 31.6 Å². The van der Waals surface area contributed by atoms with Crippen LogP contribution in [-0.4, -0.2) is 105 Å². The van der Waals surface area contributed by atoms with Crippen LogP contribution in [0, 0.1) is 5.92 Å². The van der Waals surface area contributed by atoms with Gasteiger partial charge in [-0.1, -0.05) is 6.92 Å². The molecule has 0 radical (unpaired) electrons. The van der Waals surface area contributed by atoms with Crippen LogP contribution in [-0.2, 0) is 31.8 Å². The molecule has 0 saturated heterocycles. The van der Waals surface area contributed by atoms with Crippen LogP contribution >= 0.6 is 0 Å². The summed E-state index contributed by atoms with van der Waals surface area (Å²) in [5.74, 6) is -0.101. The molecule has 2 aromatic carbocycles. The summed E-state index contributed by atoms with van der Waals surface area (Å²) >= 11 is 0. The van der Waals surface area contributed by atoms with Crippen LogP contribution in [0.3, 0.4) is 0 Å². The molecular formula is C33H47N5O9S2. The number of hydrogen-bond acceptors (Lipinski definition) is 10. The van der Waals surface area contributed by atoms with Crippen molar-refractivity contribution in [3.63, 3.8) is 0 Å². The van der Waals surface area contributed by atoms with Gasteiger partial charge in [0.1, 0.15) is 11.5 Å². The third kappa shape index (κ3) is 9.51. The highest BCUT2D eigenvalue weighted by molar-refractivity contribution is 7.92. The molecule has 2 heterocycles. The van der Waals surface area contributed by atoms with Gasteiger partial charge in [-0.05, 0) is 75.6 Å². The smallest absolute Gasteiger partial charge is 0.261 e. The molecule has 4 atom stereocenters. The number of sulfonamides is 2. The van der Waals surface area contributed by atoms with Crippen LogP contribution in [0.2, 0.25) is 0 Å². The average Bonchev–Trinajstić information content (AvgIpc) is 3.52. The lowest BCUT2D eigenvalue weighted by molar-refractivity contribution is -0.00835. The predicted octanol–water partition coefficient (Wildman–Crippen LogP) is 3.35. The summed E-state index contributed by atoms with van der Waals surface area (Å²) in [6, 6.07) is 9.79. The number of anilines is 1. The first-order valence-electron chi connectivity index (χ1n) is 16.1. The number of aromatic nitrogens is 2. The van der Waals surface area contributed by atoms with Gasteiger partial charge >= 0.3 is 0 Å². The quantitative estimate of drug-likeness (QED) is 0.317. The molecule has 3 aromatic rings. The summed E-state index contributed by atoms with van der Waals surface area (Å²) in [4.78, 5) is 19.9. The summed E-state index contributed by atoms with van der Waals surface area (Å²) in [5.41, 5.74) is 0.256. The molecule has 2 N–H and O–H groups in total. The highest BCUT2D eigenvalue weighted by Gasteiger charge is 2.33. The molecular weight excluding hydrogens is 675 g/mol. The second kappa shape index (κ2) is 16.3. The van der Waals surface area contributed by atoms with Gasteiger partial charge in [0.2, 0.25) is 0 Å². The lowest BCUT2D eigenvalue weighted by Crippen LogP contribution is -2.48. The number of carbonyl (C=O) groups is 1. The number of imidazole rings is 1. The monoisotopic (exact) mass is 721 g/mol. The minimum atomic E-state index is -4.02. The van der Waals surface area contributed by atoms with E-state index >= 15 is 0 Å². The number of methoxy groups -OCH3 is 1. The van der Waals surface area contributed by atoms with E-state index in [2.05, 4.69) is 9.71 Å². The lowest BCUT2D eigenvalue weighted by atomic mass is 10.0. The Kier molecular flexibility index (Phi) is 12.7. The molecule has 0 saturated carbocycles. The number of hydrogen-bond donors (Lipinski definition) is 2. The molecule has 0 fully saturated rings. The molecule has 1 amide bonds. The number of aryl methyl sites for hydroxylation is 1. The SMILES string of the molecule is COc1ccc(S(=O)(=O)Nc2ccc3c(c2)C(=O)N([C@H](C)CO)C[C@H](C)[C@@H](CN(C)S(=O)(=O)c2cn(C)cn2)OCCCC[C@@H](C)O3)cc1. The Bertz CT molecular complexity index is 1780. The molecule has 270 valence electrons. The Hall–Kier alpha value is -3.70. The van der Waals surface area contributed by atoms with Gasteiger partial charge in [0.05, 0.1) is 48.8 Å². The van der Waals surface area contributed by atoms with Crippen LogP contribution in [0.4, 0.5) is 5.69 Å². The van der Waals surface area contributed by atoms with E-state index in [-0.39, 0.29) is 58.6 Å². The highest BCUT2D eigenvalue weighted by atomic mass is 32.2. The number of rotatable bonds is 10. The fourth-order valence-electron chi connectivity index (χ4n) is 5.45. The van der Waals surface area contributed by atoms with Crippen LogP contribution in [0.25, 0.3) is 0 Å². The van der Waals surface area contributed by atoms with Crippen LogP contribution < -0.4 is 14.2 Å². The summed E-state index contributed by atoms with van der Waals surface area (Å²) < 4.78 is 76.1. The Balaban J connectivity index is 1.67. The van der Waals surface area contributed by atoms with Crippen LogP contribution in [0.15, 0.2) is 64.9 Å². The van der Waals surface area contributed by atoms with Crippen LogP contribution in [0.1, 0.15) is 50.4 Å². The van der Waals surface area contributed by atoms with Crippen LogP contribution in [0.5, 0.6) is 11.5 Å². The maximum Gasteiger partial charge on any atom is 0.261 e. The van der Waals surface area contributed by atoms with Gasteiger partial charge in [-0.25, -0.2) is 21.8 Å². The summed E-state index contributed by atoms with van der Waals surface area (Å²) in [6.07, 6.45) is 4.04. The third-order valence-electron chi connectivity index (χ3n) is 8.47. The van der Waals surface area contributed by atoms with E-state index in [1.165, 1.54) is 72.3 Å². The predicted molar refractivity (Wildman–Crippen MR) is 184 cm³/mol. The number of likely N-dealkylation sites (N-methyl/N-ethyl adjacent to an activating group) is 1. The Morgan fingerprint density at radius 2 is 1.84 bits per heavy atom. The molecule has 0 spiro atoms. The first-order valence-corrected chi connectivity index (χ1v) is 19.0. The molecule has 0 aliphatic carbocycles. The van der Waals surface area contributed by atoms with Crippen molar-refractivity contribution in [3.8, 4) is 11.5 Å². The summed E-state index contributed by atoms with van der Waals surface area (Å²) in [7, 11) is -3.30. The number of nitrogens with zero attached hydrogens (tertiary/aromatic N) is 4. The number of benzene rings is 2. The van der Waals surface area contributed by atoms with Crippen molar-refractivity contribution in [1.82, 2.24) is 18.8 Å². The first-order chi connectivity index (χ1) is 23.2. The van der Waals surface area contributed by atoms with Gasteiger partial charge in [-0.2, -0.15) is 4.31 Å². The lowest BCUT2D eigenvalue weighted by Gasteiger charge is -2.35. The van der Waals surface area contributed by atoms with E-state index in [4.69, 9.17) is 14.2 Å². The van der Waals surface area contributed by atoms with Crippen molar-refractivity contribution < 1.29 is 40.9 Å². The fourth-order valence-corrected chi connectivity index (χ4v) is 7.64. The van der Waals surface area contributed by atoms with E-state index in [1.807, 2.05) is 13.8 Å². The van der Waals surface area contributed by atoms with E-state index < -0.39 is 38.1 Å². The molecule has 0 unspecified atom stereocenters. The fraction of sp³-hybridized carbons (Fsp3) is 0.515. The largest absolute Gasteiger partial charge is 0.497 e. The third-order valence-corrected chi connectivity index (χ3v) is 11.6. The summed E-state index contributed by atoms with van der Waals surface area (Å²) in [5, 5.41) is 10.1. The van der Waals surface area contributed by atoms with Gasteiger partial charge in [-0.15, -0.1) is 0 Å². The average molecular weight is 722 g/mol. The Morgan fingerprint density at radius 1 is 1.12 bits per heavy atom. The van der Waals surface area contributed by atoms with E-state index in [0.717, 1.165) is 6.42 Å².